The first-order chi connectivity index (χ1) is 9.72. The second-order valence-corrected chi connectivity index (χ2v) is 5.51. The van der Waals surface area contributed by atoms with Crippen molar-refractivity contribution in [1.29, 1.82) is 0 Å². The lowest BCUT2D eigenvalue weighted by Gasteiger charge is -1.94. The zero-order valence-electron chi connectivity index (χ0n) is 10.3. The lowest BCUT2D eigenvalue weighted by Crippen LogP contribution is -1.86. The summed E-state index contributed by atoms with van der Waals surface area (Å²) in [5, 5.41) is 8.38. The van der Waals surface area contributed by atoms with Crippen LogP contribution in [0.5, 0.6) is 0 Å². The van der Waals surface area contributed by atoms with Gasteiger partial charge in [-0.25, -0.2) is 4.98 Å². The maximum Gasteiger partial charge on any atom is 0.159 e. The summed E-state index contributed by atoms with van der Waals surface area (Å²) in [4.78, 5) is 7.83. The lowest BCUT2D eigenvalue weighted by atomic mass is 10.2. The molecule has 2 aromatic heterocycles. The van der Waals surface area contributed by atoms with E-state index in [1.165, 1.54) is 0 Å². The van der Waals surface area contributed by atoms with E-state index in [1.807, 2.05) is 36.4 Å². The molecule has 0 radical (unpaired) electrons. The number of fused-ring (bicyclic) bond motifs is 2. The molecular formula is C14H10BrN5. The molecule has 20 heavy (non-hydrogen) atoms. The van der Waals surface area contributed by atoms with E-state index in [4.69, 9.17) is 5.73 Å². The summed E-state index contributed by atoms with van der Waals surface area (Å²) < 4.78 is 0.921. The molecule has 4 N–H and O–H groups in total. The van der Waals surface area contributed by atoms with Gasteiger partial charge in [-0.05, 0) is 18.2 Å². The Hall–Kier alpha value is -2.34. The highest BCUT2D eigenvalue weighted by Crippen LogP contribution is 2.29. The van der Waals surface area contributed by atoms with Gasteiger partial charge in [-0.15, -0.1) is 0 Å². The highest BCUT2D eigenvalue weighted by Gasteiger charge is 2.13. The molecule has 0 aliphatic rings. The molecule has 0 bridgehead atoms. The molecule has 6 heteroatoms. The largest absolute Gasteiger partial charge is 0.397 e. The zero-order valence-corrected chi connectivity index (χ0v) is 11.9. The number of benzene rings is 2. The number of anilines is 1. The molecule has 4 rings (SSSR count). The van der Waals surface area contributed by atoms with Gasteiger partial charge < -0.3 is 10.7 Å². The Morgan fingerprint density at radius 3 is 2.85 bits per heavy atom. The Morgan fingerprint density at radius 1 is 1.10 bits per heavy atom. The second-order valence-electron chi connectivity index (χ2n) is 4.59. The van der Waals surface area contributed by atoms with Crippen molar-refractivity contribution >= 4 is 43.6 Å². The number of nitrogens with two attached hydrogens (primary N) is 1. The molecule has 0 saturated heterocycles. The van der Waals surface area contributed by atoms with E-state index >= 15 is 0 Å². The Bertz CT molecular complexity index is 937. The summed E-state index contributed by atoms with van der Waals surface area (Å²) in [7, 11) is 0. The summed E-state index contributed by atoms with van der Waals surface area (Å²) in [5.41, 5.74) is 10.1. The number of hydrogen-bond acceptors (Lipinski definition) is 3. The van der Waals surface area contributed by atoms with Crippen molar-refractivity contribution in [2.24, 2.45) is 0 Å². The molecule has 0 atom stereocenters. The number of imidazole rings is 1. The summed E-state index contributed by atoms with van der Waals surface area (Å²) in [6.45, 7) is 0. The predicted octanol–water partition coefficient (Wildman–Crippen LogP) is 3.45. The van der Waals surface area contributed by atoms with Crippen LogP contribution in [0.1, 0.15) is 0 Å². The van der Waals surface area contributed by atoms with Gasteiger partial charge in [0.2, 0.25) is 0 Å². The van der Waals surface area contributed by atoms with Gasteiger partial charge in [0.1, 0.15) is 11.2 Å². The van der Waals surface area contributed by atoms with Crippen LogP contribution >= 0.6 is 15.9 Å². The number of rotatable bonds is 1. The number of para-hydroxylation sites is 1. The van der Waals surface area contributed by atoms with Crippen LogP contribution in [0, 0.1) is 0 Å². The van der Waals surface area contributed by atoms with Crippen molar-refractivity contribution in [1.82, 2.24) is 20.2 Å². The first kappa shape index (κ1) is 11.5. The van der Waals surface area contributed by atoms with Gasteiger partial charge in [0.25, 0.3) is 0 Å². The number of halogens is 1. The van der Waals surface area contributed by atoms with Crippen molar-refractivity contribution in [2.75, 3.05) is 5.73 Å². The number of nitrogens with one attached hydrogen (secondary N) is 2. The van der Waals surface area contributed by atoms with E-state index in [0.717, 1.165) is 32.1 Å². The molecular weight excluding hydrogens is 318 g/mol. The fraction of sp³-hybridized carbons (Fsp3) is 0. The number of aromatic amines is 2. The van der Waals surface area contributed by atoms with Crippen LogP contribution in [0.25, 0.3) is 33.5 Å². The number of nitrogens with zero attached hydrogens (tertiary/aromatic N) is 2. The van der Waals surface area contributed by atoms with Crippen molar-refractivity contribution in [2.45, 2.75) is 0 Å². The number of hydrogen-bond donors (Lipinski definition) is 3. The average molecular weight is 328 g/mol. The van der Waals surface area contributed by atoms with Crippen molar-refractivity contribution < 1.29 is 0 Å². The molecule has 0 fully saturated rings. The standard InChI is InChI=1S/C14H10BrN5/c15-7-5-9(16)13-11(6-7)17-14(18-13)12-8-3-1-2-4-10(8)19-20-12/h1-6H,16H2,(H,17,18)(H,19,20). The predicted molar refractivity (Wildman–Crippen MR) is 83.3 cm³/mol. The van der Waals surface area contributed by atoms with E-state index in [2.05, 4.69) is 36.1 Å². The smallest absolute Gasteiger partial charge is 0.159 e. The minimum absolute atomic E-state index is 0.636. The Labute approximate surface area is 122 Å². The molecule has 98 valence electrons. The minimum atomic E-state index is 0.636. The quantitative estimate of drug-likeness (QED) is 0.468. The summed E-state index contributed by atoms with van der Waals surface area (Å²) in [6.07, 6.45) is 0. The number of H-pyrrole nitrogens is 2. The Balaban J connectivity index is 2.01. The highest BCUT2D eigenvalue weighted by molar-refractivity contribution is 9.10. The zero-order chi connectivity index (χ0) is 13.7. The fourth-order valence-electron chi connectivity index (χ4n) is 2.36. The number of nitrogen functional groups attached to an aromatic ring is 1. The van der Waals surface area contributed by atoms with E-state index in [9.17, 15) is 0 Å². The van der Waals surface area contributed by atoms with Gasteiger partial charge >= 0.3 is 0 Å². The third-order valence-electron chi connectivity index (χ3n) is 3.28. The van der Waals surface area contributed by atoms with Gasteiger partial charge in [0.05, 0.1) is 16.7 Å². The summed E-state index contributed by atoms with van der Waals surface area (Å²) in [6, 6.07) is 11.7. The monoisotopic (exact) mass is 327 g/mol. The van der Waals surface area contributed by atoms with Crippen LogP contribution in [0.4, 0.5) is 5.69 Å². The first-order valence-electron chi connectivity index (χ1n) is 6.10. The average Bonchev–Trinajstić information content (AvgIpc) is 3.01. The fourth-order valence-corrected chi connectivity index (χ4v) is 2.84. The van der Waals surface area contributed by atoms with E-state index in [1.54, 1.807) is 0 Å². The maximum atomic E-state index is 6.00. The van der Waals surface area contributed by atoms with Crippen molar-refractivity contribution in [3.63, 3.8) is 0 Å². The van der Waals surface area contributed by atoms with Crippen LogP contribution in [0.15, 0.2) is 40.9 Å². The SMILES string of the molecule is Nc1cc(Br)cc2[nH]c(-c3n[nH]c4ccccc34)nc12. The molecule has 0 aliphatic heterocycles. The molecule has 0 unspecified atom stereocenters. The third-order valence-corrected chi connectivity index (χ3v) is 3.73. The molecule has 2 heterocycles. The van der Waals surface area contributed by atoms with Gasteiger partial charge in [-0.2, -0.15) is 5.10 Å². The molecule has 0 spiro atoms. The molecule has 0 aliphatic carbocycles. The van der Waals surface area contributed by atoms with E-state index in [0.29, 0.717) is 11.5 Å². The Morgan fingerprint density at radius 2 is 1.95 bits per heavy atom. The van der Waals surface area contributed by atoms with Crippen molar-refractivity contribution in [3.8, 4) is 11.5 Å². The Kier molecular flexibility index (Phi) is 2.34. The van der Waals surface area contributed by atoms with Crippen LogP contribution in [-0.4, -0.2) is 20.2 Å². The molecule has 0 amide bonds. The van der Waals surface area contributed by atoms with E-state index < -0.39 is 0 Å². The third kappa shape index (κ3) is 1.61. The molecule has 5 nitrogen and oxygen atoms in total. The van der Waals surface area contributed by atoms with Gasteiger partial charge in [-0.3, -0.25) is 5.10 Å². The van der Waals surface area contributed by atoms with E-state index in [-0.39, 0.29) is 0 Å². The number of aromatic nitrogens is 4. The minimum Gasteiger partial charge on any atom is -0.397 e. The first-order valence-corrected chi connectivity index (χ1v) is 6.90. The molecule has 0 saturated carbocycles. The van der Waals surface area contributed by atoms with Crippen LogP contribution in [0.3, 0.4) is 0 Å². The van der Waals surface area contributed by atoms with Crippen LogP contribution < -0.4 is 5.73 Å². The van der Waals surface area contributed by atoms with Crippen molar-refractivity contribution in [3.05, 3.63) is 40.9 Å². The van der Waals surface area contributed by atoms with Crippen LogP contribution in [0.2, 0.25) is 0 Å². The highest BCUT2D eigenvalue weighted by atomic mass is 79.9. The van der Waals surface area contributed by atoms with Gasteiger partial charge in [-0.1, -0.05) is 34.1 Å². The maximum absolute atomic E-state index is 6.00. The normalized spacial score (nSPS) is 11.4. The summed E-state index contributed by atoms with van der Waals surface area (Å²) >= 11 is 3.43. The second kappa shape index (κ2) is 4.08. The topological polar surface area (TPSA) is 83.4 Å². The molecule has 2 aromatic carbocycles. The van der Waals surface area contributed by atoms with Gasteiger partial charge in [0.15, 0.2) is 5.82 Å². The van der Waals surface area contributed by atoms with Gasteiger partial charge in [0, 0.05) is 9.86 Å². The lowest BCUT2D eigenvalue weighted by molar-refractivity contribution is 1.11. The van der Waals surface area contributed by atoms with Crippen LogP contribution in [-0.2, 0) is 0 Å². The molecule has 4 aromatic rings. The summed E-state index contributed by atoms with van der Waals surface area (Å²) in [5.74, 6) is 0.710.